The van der Waals surface area contributed by atoms with Gasteiger partial charge in [-0.15, -0.1) is 0 Å². The number of benzene rings is 3. The van der Waals surface area contributed by atoms with Gasteiger partial charge in [-0.2, -0.15) is 0 Å². The molecule has 1 N–H and O–H groups in total. The molecule has 10 nitrogen and oxygen atoms in total. The molecule has 1 aromatic heterocycles. The number of nitro groups is 1. The maximum absolute atomic E-state index is 13.9. The molecule has 4 aromatic rings. The number of carbonyl (C=O) groups is 3. The van der Waals surface area contributed by atoms with Crippen LogP contribution >= 0.6 is 23.1 Å². The number of halogens is 1. The van der Waals surface area contributed by atoms with Crippen LogP contribution in [0.4, 0.5) is 21.5 Å². The fourth-order valence-electron chi connectivity index (χ4n) is 5.33. The zero-order chi connectivity index (χ0) is 29.7. The first-order valence-corrected chi connectivity index (χ1v) is 14.5. The summed E-state index contributed by atoms with van der Waals surface area (Å²) in [6, 6.07) is 17.8. The van der Waals surface area contributed by atoms with Crippen LogP contribution in [-0.4, -0.2) is 32.5 Å². The Balaban J connectivity index is 1.40. The van der Waals surface area contributed by atoms with Crippen LogP contribution in [0.15, 0.2) is 82.6 Å². The molecule has 0 saturated carbocycles. The number of thioether (sulfide) groups is 1. The molecular weight excluding hydrogens is 583 g/mol. The lowest BCUT2D eigenvalue weighted by Gasteiger charge is -2.30. The summed E-state index contributed by atoms with van der Waals surface area (Å²) < 4.78 is 15.2. The minimum absolute atomic E-state index is 0.182. The van der Waals surface area contributed by atoms with E-state index in [0.29, 0.717) is 21.2 Å². The number of carbonyl (C=O) groups excluding carboxylic acids is 3. The van der Waals surface area contributed by atoms with Gasteiger partial charge in [0.1, 0.15) is 17.6 Å². The molecule has 6 rings (SSSR count). The normalized spacial score (nSPS) is 19.4. The Labute approximate surface area is 245 Å². The summed E-state index contributed by atoms with van der Waals surface area (Å²) in [6.07, 6.45) is 0. The predicted octanol–water partition coefficient (Wildman–Crippen LogP) is 4.70. The SMILES string of the molecule is Cc1cccc(NC(=O)Cn2c3c(sc2=O)C(c2ccc(F)cc2)C2C(=O)N(c4ccc([N+](=O)[O-])cc4)C(=O)C2S3)c1. The number of nitrogens with zero attached hydrogens (tertiary/aromatic N) is 3. The molecule has 3 unspecified atom stereocenters. The Morgan fingerprint density at radius 1 is 1.02 bits per heavy atom. The Bertz CT molecular complexity index is 1820. The van der Waals surface area contributed by atoms with Gasteiger partial charge >= 0.3 is 4.87 Å². The fraction of sp³-hybridized carbons (Fsp3) is 0.172. The zero-order valence-electron chi connectivity index (χ0n) is 21.9. The van der Waals surface area contributed by atoms with Crippen molar-refractivity contribution in [3.63, 3.8) is 0 Å². The minimum atomic E-state index is -0.949. The lowest BCUT2D eigenvalue weighted by molar-refractivity contribution is -0.384. The van der Waals surface area contributed by atoms with Crippen molar-refractivity contribution in [2.45, 2.75) is 29.7 Å². The number of thiazole rings is 1. The highest BCUT2D eigenvalue weighted by Gasteiger charge is 2.56. The third-order valence-corrected chi connectivity index (χ3v) is 9.80. The Kier molecular flexibility index (Phi) is 6.99. The van der Waals surface area contributed by atoms with Crippen molar-refractivity contribution < 1.29 is 23.7 Å². The lowest BCUT2D eigenvalue weighted by Crippen LogP contribution is -2.33. The van der Waals surface area contributed by atoms with Gasteiger partial charge in [0.2, 0.25) is 17.7 Å². The molecular formula is C29H21FN4O6S2. The van der Waals surface area contributed by atoms with Gasteiger partial charge < -0.3 is 5.32 Å². The van der Waals surface area contributed by atoms with Crippen molar-refractivity contribution in [2.75, 3.05) is 10.2 Å². The molecule has 0 radical (unpaired) electrons. The van der Waals surface area contributed by atoms with Gasteiger partial charge in [0, 0.05) is 28.6 Å². The van der Waals surface area contributed by atoms with Gasteiger partial charge in [0.05, 0.1) is 21.6 Å². The van der Waals surface area contributed by atoms with Crippen LogP contribution in [0.1, 0.15) is 21.9 Å². The third kappa shape index (κ3) is 4.80. The Hall–Kier alpha value is -4.62. The monoisotopic (exact) mass is 604 g/mol. The summed E-state index contributed by atoms with van der Waals surface area (Å²) in [5.74, 6) is -3.69. The smallest absolute Gasteiger partial charge is 0.308 e. The van der Waals surface area contributed by atoms with Crippen LogP contribution in [-0.2, 0) is 20.9 Å². The van der Waals surface area contributed by atoms with E-state index in [9.17, 15) is 33.7 Å². The number of nitro benzene ring substituents is 1. The van der Waals surface area contributed by atoms with Crippen LogP contribution in [0.25, 0.3) is 0 Å². The number of imide groups is 1. The molecule has 1 saturated heterocycles. The van der Waals surface area contributed by atoms with Crippen molar-refractivity contribution in [3.8, 4) is 0 Å². The third-order valence-electron chi connectivity index (χ3n) is 7.20. The van der Waals surface area contributed by atoms with E-state index in [2.05, 4.69) is 5.32 Å². The Morgan fingerprint density at radius 3 is 2.40 bits per heavy atom. The summed E-state index contributed by atoms with van der Waals surface area (Å²) in [5.41, 5.74) is 2.05. The van der Waals surface area contributed by atoms with Crippen molar-refractivity contribution in [2.24, 2.45) is 5.92 Å². The van der Waals surface area contributed by atoms with Gasteiger partial charge in [-0.25, -0.2) is 9.29 Å². The van der Waals surface area contributed by atoms with Gasteiger partial charge in [-0.1, -0.05) is 47.4 Å². The highest BCUT2D eigenvalue weighted by atomic mass is 32.2. The second kappa shape index (κ2) is 10.7. The number of nitrogens with one attached hydrogen (secondary N) is 1. The number of hydrogen-bond acceptors (Lipinski definition) is 8. The molecule has 0 spiro atoms. The van der Waals surface area contributed by atoms with Crippen molar-refractivity contribution in [1.82, 2.24) is 4.57 Å². The topological polar surface area (TPSA) is 132 Å². The first-order chi connectivity index (χ1) is 20.1. The van der Waals surface area contributed by atoms with E-state index in [1.807, 2.05) is 13.0 Å². The number of fused-ring (bicyclic) bond motifs is 2. The summed E-state index contributed by atoms with van der Waals surface area (Å²) >= 11 is 1.93. The molecule has 3 atom stereocenters. The molecule has 1 fully saturated rings. The highest BCUT2D eigenvalue weighted by Crippen LogP contribution is 2.53. The van der Waals surface area contributed by atoms with E-state index < -0.39 is 50.4 Å². The van der Waals surface area contributed by atoms with Crippen LogP contribution < -0.4 is 15.1 Å². The Morgan fingerprint density at radius 2 is 1.74 bits per heavy atom. The van der Waals surface area contributed by atoms with Crippen molar-refractivity contribution in [1.29, 1.82) is 0 Å². The quantitative estimate of drug-likeness (QED) is 0.192. The van der Waals surface area contributed by atoms with Crippen LogP contribution in [0.5, 0.6) is 0 Å². The van der Waals surface area contributed by atoms with E-state index >= 15 is 0 Å². The lowest BCUT2D eigenvalue weighted by atomic mass is 9.83. The standard InChI is InChI=1S/C29H21FN4O6S2/c1-15-3-2-4-18(13-15)31-21(35)14-32-28-25(42-29(32)38)22(16-5-7-17(30)8-6-16)23-24(41-28)27(37)33(26(23)36)19-9-11-20(12-10-19)34(39)40/h2-13,22-24H,14H2,1H3,(H,31,35). The number of rotatable bonds is 6. The second-order valence-electron chi connectivity index (χ2n) is 9.92. The average molecular weight is 605 g/mol. The van der Waals surface area contributed by atoms with E-state index in [-0.39, 0.29) is 17.9 Å². The number of non-ortho nitro benzene ring substituents is 1. The summed E-state index contributed by atoms with van der Waals surface area (Å²) in [6.45, 7) is 1.57. The number of aryl methyl sites for hydroxylation is 1. The van der Waals surface area contributed by atoms with E-state index in [4.69, 9.17) is 0 Å². The molecule has 0 aliphatic carbocycles. The van der Waals surface area contributed by atoms with Crippen molar-refractivity contribution >= 4 is 57.9 Å². The molecule has 212 valence electrons. The summed E-state index contributed by atoms with van der Waals surface area (Å²) in [7, 11) is 0. The largest absolute Gasteiger partial charge is 0.325 e. The van der Waals surface area contributed by atoms with E-state index in [1.54, 1.807) is 18.2 Å². The summed E-state index contributed by atoms with van der Waals surface area (Å²) in [5, 5.41) is 13.3. The number of hydrogen-bond donors (Lipinski definition) is 1. The second-order valence-corrected chi connectivity index (χ2v) is 12.0. The zero-order valence-corrected chi connectivity index (χ0v) is 23.5. The minimum Gasteiger partial charge on any atom is -0.325 e. The first-order valence-electron chi connectivity index (χ1n) is 12.8. The first kappa shape index (κ1) is 27.5. The van der Waals surface area contributed by atoms with Crippen LogP contribution in [0, 0.1) is 28.8 Å². The maximum Gasteiger partial charge on any atom is 0.308 e. The molecule has 0 bridgehead atoms. The maximum atomic E-state index is 13.9. The molecule has 3 heterocycles. The van der Waals surface area contributed by atoms with E-state index in [1.165, 1.54) is 53.1 Å². The molecule has 2 aliphatic heterocycles. The van der Waals surface area contributed by atoms with Gasteiger partial charge in [-0.3, -0.25) is 33.9 Å². The molecule has 42 heavy (non-hydrogen) atoms. The molecule has 3 amide bonds. The van der Waals surface area contributed by atoms with Gasteiger partial charge in [0.25, 0.3) is 5.69 Å². The van der Waals surface area contributed by atoms with Gasteiger partial charge in [0.15, 0.2) is 0 Å². The average Bonchev–Trinajstić information content (AvgIpc) is 3.39. The summed E-state index contributed by atoms with van der Waals surface area (Å²) in [4.78, 5) is 65.5. The number of anilines is 2. The van der Waals surface area contributed by atoms with Crippen LogP contribution in [0.3, 0.4) is 0 Å². The molecule has 13 heteroatoms. The van der Waals surface area contributed by atoms with E-state index in [0.717, 1.165) is 33.6 Å². The van der Waals surface area contributed by atoms with Crippen LogP contribution in [0.2, 0.25) is 0 Å². The van der Waals surface area contributed by atoms with Crippen molar-refractivity contribution in [3.05, 3.63) is 114 Å². The molecule has 3 aromatic carbocycles. The fourth-order valence-corrected chi connectivity index (χ4v) is 8.10. The molecule has 2 aliphatic rings. The number of aromatic nitrogens is 1. The highest BCUT2D eigenvalue weighted by molar-refractivity contribution is 8.00. The predicted molar refractivity (Wildman–Crippen MR) is 155 cm³/mol. The van der Waals surface area contributed by atoms with Gasteiger partial charge in [-0.05, 0) is 54.4 Å². The number of amides is 3.